The van der Waals surface area contributed by atoms with Gasteiger partial charge in [0, 0.05) is 0 Å². The second-order valence-corrected chi connectivity index (χ2v) is 2.69. The third-order valence-corrected chi connectivity index (χ3v) is 1.92. The number of H-pyrrole nitrogens is 1. The molecule has 0 radical (unpaired) electrons. The number of nitrogens with zero attached hydrogens (tertiary/aromatic N) is 2. The first kappa shape index (κ1) is 8.38. The van der Waals surface area contributed by atoms with Gasteiger partial charge in [0.05, 0.1) is 16.5 Å². The summed E-state index contributed by atoms with van der Waals surface area (Å²) in [5.74, 6) is -0.708. The molecule has 0 aliphatic carbocycles. The molecule has 1 aromatic heterocycles. The molecule has 1 aromatic carbocycles. The van der Waals surface area contributed by atoms with Crippen LogP contribution in [0.3, 0.4) is 0 Å². The van der Waals surface area contributed by atoms with Crippen LogP contribution in [0.4, 0.5) is 4.39 Å². The summed E-state index contributed by atoms with van der Waals surface area (Å²) in [6.07, 6.45) is 0.472. The fourth-order valence-electron chi connectivity index (χ4n) is 1.26. The molecule has 5 heteroatoms. The summed E-state index contributed by atoms with van der Waals surface area (Å²) >= 11 is 0. The SMILES string of the molecule is N#Cc1ccc2n[nH]c(C=O)c2c1F. The molecule has 4 nitrogen and oxygen atoms in total. The number of carbonyl (C=O) groups is 1. The second-order valence-electron chi connectivity index (χ2n) is 2.69. The van der Waals surface area contributed by atoms with Gasteiger partial charge in [-0.3, -0.25) is 9.89 Å². The Hall–Kier alpha value is -2.22. The van der Waals surface area contributed by atoms with E-state index in [1.807, 2.05) is 0 Å². The monoisotopic (exact) mass is 189 g/mol. The summed E-state index contributed by atoms with van der Waals surface area (Å²) in [5, 5.41) is 14.7. The Morgan fingerprint density at radius 2 is 2.36 bits per heavy atom. The van der Waals surface area contributed by atoms with E-state index in [4.69, 9.17) is 5.26 Å². The van der Waals surface area contributed by atoms with E-state index in [9.17, 15) is 9.18 Å². The summed E-state index contributed by atoms with van der Waals surface area (Å²) in [6.45, 7) is 0. The Morgan fingerprint density at radius 3 is 3.00 bits per heavy atom. The maximum Gasteiger partial charge on any atom is 0.168 e. The molecule has 1 N–H and O–H groups in total. The molecule has 0 unspecified atom stereocenters. The molecular weight excluding hydrogens is 185 g/mol. The van der Waals surface area contributed by atoms with Gasteiger partial charge >= 0.3 is 0 Å². The van der Waals surface area contributed by atoms with E-state index in [0.717, 1.165) is 0 Å². The van der Waals surface area contributed by atoms with Crippen LogP contribution in [0, 0.1) is 17.1 Å². The molecule has 1 heterocycles. The topological polar surface area (TPSA) is 69.5 Å². The third-order valence-electron chi connectivity index (χ3n) is 1.92. The van der Waals surface area contributed by atoms with Gasteiger partial charge in [0.1, 0.15) is 11.8 Å². The lowest BCUT2D eigenvalue weighted by Gasteiger charge is -1.94. The molecular formula is C9H4FN3O. The van der Waals surface area contributed by atoms with Gasteiger partial charge < -0.3 is 0 Å². The summed E-state index contributed by atoms with van der Waals surface area (Å²) in [7, 11) is 0. The molecule has 0 fully saturated rings. The number of aldehydes is 1. The average Bonchev–Trinajstić information content (AvgIpc) is 2.62. The van der Waals surface area contributed by atoms with E-state index in [0.29, 0.717) is 11.8 Å². The molecule has 14 heavy (non-hydrogen) atoms. The van der Waals surface area contributed by atoms with Gasteiger partial charge in [-0.15, -0.1) is 0 Å². The van der Waals surface area contributed by atoms with Crippen molar-refractivity contribution >= 4 is 17.2 Å². The van der Waals surface area contributed by atoms with Crippen molar-refractivity contribution in [2.75, 3.05) is 0 Å². The van der Waals surface area contributed by atoms with Crippen LogP contribution in [0.15, 0.2) is 12.1 Å². The van der Waals surface area contributed by atoms with Gasteiger partial charge in [-0.05, 0) is 12.1 Å². The van der Waals surface area contributed by atoms with Crippen molar-refractivity contribution in [3.05, 3.63) is 29.2 Å². The number of benzene rings is 1. The van der Waals surface area contributed by atoms with Crippen molar-refractivity contribution in [3.8, 4) is 6.07 Å². The van der Waals surface area contributed by atoms with Crippen LogP contribution < -0.4 is 0 Å². The van der Waals surface area contributed by atoms with Crippen LogP contribution in [0.2, 0.25) is 0 Å². The Labute approximate surface area is 78.0 Å². The van der Waals surface area contributed by atoms with Crippen LogP contribution in [-0.4, -0.2) is 16.5 Å². The first-order chi connectivity index (χ1) is 6.77. The van der Waals surface area contributed by atoms with Crippen molar-refractivity contribution in [3.63, 3.8) is 0 Å². The normalized spacial score (nSPS) is 10.0. The van der Waals surface area contributed by atoms with E-state index in [-0.39, 0.29) is 16.6 Å². The molecule has 0 spiro atoms. The number of halogens is 1. The number of aromatic amines is 1. The molecule has 0 saturated heterocycles. The second kappa shape index (κ2) is 2.92. The molecule has 68 valence electrons. The van der Waals surface area contributed by atoms with E-state index in [1.165, 1.54) is 12.1 Å². The van der Waals surface area contributed by atoms with Crippen LogP contribution in [0.5, 0.6) is 0 Å². The predicted molar refractivity (Wildman–Crippen MR) is 46.2 cm³/mol. The van der Waals surface area contributed by atoms with Crippen LogP contribution >= 0.6 is 0 Å². The number of hydrogen-bond donors (Lipinski definition) is 1. The Bertz CT molecular complexity index is 553. The highest BCUT2D eigenvalue weighted by Gasteiger charge is 2.13. The van der Waals surface area contributed by atoms with Gasteiger partial charge in [-0.2, -0.15) is 10.4 Å². The van der Waals surface area contributed by atoms with E-state index >= 15 is 0 Å². The highest BCUT2D eigenvalue weighted by Crippen LogP contribution is 2.21. The van der Waals surface area contributed by atoms with E-state index in [2.05, 4.69) is 10.2 Å². The highest BCUT2D eigenvalue weighted by atomic mass is 19.1. The van der Waals surface area contributed by atoms with Crippen molar-refractivity contribution in [2.24, 2.45) is 0 Å². The summed E-state index contributed by atoms with van der Waals surface area (Å²) in [5.41, 5.74) is 0.292. The maximum atomic E-state index is 13.5. The van der Waals surface area contributed by atoms with Crippen molar-refractivity contribution in [1.29, 1.82) is 5.26 Å². The minimum Gasteiger partial charge on any atom is -0.296 e. The predicted octanol–water partition coefficient (Wildman–Crippen LogP) is 1.39. The number of fused-ring (bicyclic) bond motifs is 1. The third kappa shape index (κ3) is 0.977. The lowest BCUT2D eigenvalue weighted by atomic mass is 10.1. The van der Waals surface area contributed by atoms with Crippen LogP contribution in [0.25, 0.3) is 10.9 Å². The van der Waals surface area contributed by atoms with E-state index < -0.39 is 5.82 Å². The molecule has 0 saturated carbocycles. The largest absolute Gasteiger partial charge is 0.296 e. The zero-order chi connectivity index (χ0) is 10.1. The number of nitrogens with one attached hydrogen (secondary N) is 1. The summed E-state index contributed by atoms with van der Waals surface area (Å²) in [4.78, 5) is 10.5. The maximum absolute atomic E-state index is 13.5. The molecule has 0 aliphatic heterocycles. The quantitative estimate of drug-likeness (QED) is 0.689. The molecule has 2 rings (SSSR count). The molecule has 0 aliphatic rings. The Kier molecular flexibility index (Phi) is 1.75. The van der Waals surface area contributed by atoms with Crippen molar-refractivity contribution in [1.82, 2.24) is 10.2 Å². The molecule has 2 aromatic rings. The van der Waals surface area contributed by atoms with E-state index in [1.54, 1.807) is 6.07 Å². The Morgan fingerprint density at radius 1 is 1.57 bits per heavy atom. The lowest BCUT2D eigenvalue weighted by molar-refractivity contribution is 0.112. The standard InChI is InChI=1S/C9H4FN3O/c10-9-5(3-11)1-2-6-8(9)7(4-14)13-12-6/h1-2,4H,(H,12,13). The smallest absolute Gasteiger partial charge is 0.168 e. The fraction of sp³-hybridized carbons (Fsp3) is 0. The van der Waals surface area contributed by atoms with Crippen LogP contribution in [0.1, 0.15) is 16.1 Å². The molecule has 0 amide bonds. The van der Waals surface area contributed by atoms with Gasteiger partial charge in [0.25, 0.3) is 0 Å². The minimum atomic E-state index is -0.708. The first-order valence-corrected chi connectivity index (χ1v) is 3.79. The first-order valence-electron chi connectivity index (χ1n) is 3.79. The zero-order valence-electron chi connectivity index (χ0n) is 6.91. The number of carbonyl (C=O) groups excluding carboxylic acids is 1. The Balaban J connectivity index is 2.92. The average molecular weight is 189 g/mol. The summed E-state index contributed by atoms with van der Waals surface area (Å²) < 4.78 is 13.5. The van der Waals surface area contributed by atoms with Gasteiger partial charge in [0.2, 0.25) is 0 Å². The zero-order valence-corrected chi connectivity index (χ0v) is 6.91. The number of rotatable bonds is 1. The van der Waals surface area contributed by atoms with Gasteiger partial charge in [0.15, 0.2) is 12.1 Å². The summed E-state index contributed by atoms with van der Waals surface area (Å²) in [6, 6.07) is 4.51. The number of aromatic nitrogens is 2. The lowest BCUT2D eigenvalue weighted by Crippen LogP contribution is -1.87. The van der Waals surface area contributed by atoms with Crippen molar-refractivity contribution in [2.45, 2.75) is 0 Å². The van der Waals surface area contributed by atoms with Crippen LogP contribution in [-0.2, 0) is 0 Å². The van der Waals surface area contributed by atoms with Crippen molar-refractivity contribution < 1.29 is 9.18 Å². The van der Waals surface area contributed by atoms with Gasteiger partial charge in [-0.25, -0.2) is 4.39 Å². The highest BCUT2D eigenvalue weighted by molar-refractivity contribution is 5.95. The number of nitriles is 1. The van der Waals surface area contributed by atoms with Gasteiger partial charge in [-0.1, -0.05) is 0 Å². The number of hydrogen-bond acceptors (Lipinski definition) is 3. The minimum absolute atomic E-state index is 0.0506. The molecule has 0 atom stereocenters. The molecule has 0 bridgehead atoms. The fourth-order valence-corrected chi connectivity index (χ4v) is 1.26.